The number of piperazine rings is 1. The van der Waals surface area contributed by atoms with Crippen LogP contribution in [0.3, 0.4) is 0 Å². The molecule has 1 fully saturated rings. The molecule has 1 saturated heterocycles. The van der Waals surface area contributed by atoms with E-state index in [0.717, 1.165) is 43.3 Å². The first-order chi connectivity index (χ1) is 11.6. The average Bonchev–Trinajstić information content (AvgIpc) is 2.58. The molecule has 0 unspecified atom stereocenters. The lowest BCUT2D eigenvalue weighted by atomic mass is 10.1. The number of hydrogen-bond donors (Lipinski definition) is 0. The summed E-state index contributed by atoms with van der Waals surface area (Å²) >= 11 is 5.90. The molecule has 0 atom stereocenters. The van der Waals surface area contributed by atoms with Gasteiger partial charge in [0.1, 0.15) is 0 Å². The van der Waals surface area contributed by atoms with Gasteiger partial charge in [-0.05, 0) is 42.7 Å². The molecule has 0 aliphatic carbocycles. The fourth-order valence-electron chi connectivity index (χ4n) is 2.97. The van der Waals surface area contributed by atoms with E-state index in [0.29, 0.717) is 0 Å². The monoisotopic (exact) mass is 341 g/mol. The molecule has 126 valence electrons. The van der Waals surface area contributed by atoms with Crippen molar-refractivity contribution >= 4 is 17.8 Å². The lowest BCUT2D eigenvalue weighted by molar-refractivity contribution is 0.131. The first kappa shape index (κ1) is 17.0. The van der Waals surface area contributed by atoms with Crippen LogP contribution in [0.2, 0.25) is 5.02 Å². The minimum absolute atomic E-state index is 0.757. The largest absolute Gasteiger partial charge is 0.295 e. The van der Waals surface area contributed by atoms with Crippen molar-refractivity contribution in [2.24, 2.45) is 5.10 Å². The molecular formula is C20H24ClN3. The van der Waals surface area contributed by atoms with Gasteiger partial charge in [0.05, 0.1) is 6.21 Å². The van der Waals surface area contributed by atoms with Crippen LogP contribution in [0, 0.1) is 13.8 Å². The number of rotatable bonds is 4. The standard InChI is InChI=1S/C20H24ClN3/c1-16-3-6-19(17(2)13-16)15-23-9-11-24(12-10-23)22-14-18-4-7-20(21)8-5-18/h3-8,13-14H,9-12,15H2,1-2H3. The van der Waals surface area contributed by atoms with Crippen molar-refractivity contribution < 1.29 is 0 Å². The number of nitrogens with zero attached hydrogens (tertiary/aromatic N) is 3. The maximum Gasteiger partial charge on any atom is 0.0542 e. The van der Waals surface area contributed by atoms with Gasteiger partial charge >= 0.3 is 0 Å². The summed E-state index contributed by atoms with van der Waals surface area (Å²) in [4.78, 5) is 2.51. The van der Waals surface area contributed by atoms with Crippen LogP contribution >= 0.6 is 11.6 Å². The van der Waals surface area contributed by atoms with E-state index in [-0.39, 0.29) is 0 Å². The van der Waals surface area contributed by atoms with E-state index in [1.165, 1.54) is 16.7 Å². The average molecular weight is 342 g/mol. The molecule has 0 aromatic heterocycles. The topological polar surface area (TPSA) is 18.8 Å². The highest BCUT2D eigenvalue weighted by Gasteiger charge is 2.16. The van der Waals surface area contributed by atoms with Gasteiger partial charge in [0.2, 0.25) is 0 Å². The second-order valence-electron chi connectivity index (χ2n) is 6.46. The van der Waals surface area contributed by atoms with Crippen molar-refractivity contribution in [3.63, 3.8) is 0 Å². The van der Waals surface area contributed by atoms with E-state index < -0.39 is 0 Å². The zero-order valence-electron chi connectivity index (χ0n) is 14.4. The SMILES string of the molecule is Cc1ccc(CN2CCN(N=Cc3ccc(Cl)cc3)CC2)c(C)c1. The first-order valence-electron chi connectivity index (χ1n) is 8.43. The van der Waals surface area contributed by atoms with Crippen LogP contribution in [0.5, 0.6) is 0 Å². The van der Waals surface area contributed by atoms with Crippen molar-refractivity contribution in [1.29, 1.82) is 0 Å². The van der Waals surface area contributed by atoms with Crippen molar-refractivity contribution in [3.05, 3.63) is 69.7 Å². The van der Waals surface area contributed by atoms with Crippen molar-refractivity contribution in [2.75, 3.05) is 26.2 Å². The van der Waals surface area contributed by atoms with Crippen molar-refractivity contribution in [3.8, 4) is 0 Å². The Morgan fingerprint density at radius 2 is 1.71 bits per heavy atom. The molecule has 0 amide bonds. The molecule has 0 saturated carbocycles. The lowest BCUT2D eigenvalue weighted by Crippen LogP contribution is -2.43. The van der Waals surface area contributed by atoms with Gasteiger partial charge in [0.15, 0.2) is 0 Å². The Balaban J connectivity index is 1.51. The summed E-state index contributed by atoms with van der Waals surface area (Å²) in [6.07, 6.45) is 1.91. The number of aryl methyl sites for hydroxylation is 2. The number of hydrogen-bond acceptors (Lipinski definition) is 3. The van der Waals surface area contributed by atoms with Crippen LogP contribution in [0.15, 0.2) is 47.6 Å². The van der Waals surface area contributed by atoms with E-state index >= 15 is 0 Å². The highest BCUT2D eigenvalue weighted by molar-refractivity contribution is 6.30. The Labute approximate surface area is 149 Å². The summed E-state index contributed by atoms with van der Waals surface area (Å²) in [5.74, 6) is 0. The van der Waals surface area contributed by atoms with Crippen LogP contribution in [0.25, 0.3) is 0 Å². The molecule has 1 aliphatic rings. The first-order valence-corrected chi connectivity index (χ1v) is 8.81. The molecular weight excluding hydrogens is 318 g/mol. The predicted octanol–water partition coefficient (Wildman–Crippen LogP) is 4.11. The van der Waals surface area contributed by atoms with Crippen LogP contribution in [0.1, 0.15) is 22.3 Å². The molecule has 3 rings (SSSR count). The second-order valence-corrected chi connectivity index (χ2v) is 6.89. The maximum atomic E-state index is 5.90. The van der Waals surface area contributed by atoms with Crippen LogP contribution in [-0.2, 0) is 6.54 Å². The molecule has 1 heterocycles. The summed E-state index contributed by atoms with van der Waals surface area (Å²) in [7, 11) is 0. The third-order valence-electron chi connectivity index (χ3n) is 4.48. The molecule has 0 radical (unpaired) electrons. The van der Waals surface area contributed by atoms with Crippen LogP contribution in [0.4, 0.5) is 0 Å². The zero-order valence-corrected chi connectivity index (χ0v) is 15.1. The summed E-state index contributed by atoms with van der Waals surface area (Å²) in [6, 6.07) is 14.5. The normalized spacial score (nSPS) is 16.0. The third kappa shape index (κ3) is 4.59. The predicted molar refractivity (Wildman–Crippen MR) is 102 cm³/mol. The smallest absolute Gasteiger partial charge is 0.0542 e. The molecule has 0 N–H and O–H groups in total. The Hall–Kier alpha value is -1.84. The van der Waals surface area contributed by atoms with Gasteiger partial charge in [0, 0.05) is 37.7 Å². The van der Waals surface area contributed by atoms with Gasteiger partial charge in [-0.1, -0.05) is 47.5 Å². The molecule has 2 aromatic carbocycles. The summed E-state index contributed by atoms with van der Waals surface area (Å²) < 4.78 is 0. The fraction of sp³-hybridized carbons (Fsp3) is 0.350. The quantitative estimate of drug-likeness (QED) is 0.779. The van der Waals surface area contributed by atoms with Gasteiger partial charge in [-0.3, -0.25) is 9.91 Å². The summed E-state index contributed by atoms with van der Waals surface area (Å²) in [6.45, 7) is 9.41. The minimum atomic E-state index is 0.757. The number of benzene rings is 2. The summed E-state index contributed by atoms with van der Waals surface area (Å²) in [5, 5.41) is 7.49. The van der Waals surface area contributed by atoms with Gasteiger partial charge in [-0.2, -0.15) is 5.10 Å². The molecule has 3 nitrogen and oxygen atoms in total. The molecule has 1 aliphatic heterocycles. The maximum absolute atomic E-state index is 5.90. The van der Waals surface area contributed by atoms with Crippen molar-refractivity contribution in [2.45, 2.75) is 20.4 Å². The Morgan fingerprint density at radius 1 is 1.00 bits per heavy atom. The van der Waals surface area contributed by atoms with Gasteiger partial charge < -0.3 is 0 Å². The van der Waals surface area contributed by atoms with Crippen LogP contribution < -0.4 is 0 Å². The number of halogens is 1. The third-order valence-corrected chi connectivity index (χ3v) is 4.73. The van der Waals surface area contributed by atoms with E-state index in [1.807, 2.05) is 30.5 Å². The molecule has 0 bridgehead atoms. The second kappa shape index (κ2) is 7.82. The highest BCUT2D eigenvalue weighted by Crippen LogP contribution is 2.15. The van der Waals surface area contributed by atoms with E-state index in [2.05, 4.69) is 47.1 Å². The van der Waals surface area contributed by atoms with E-state index in [1.54, 1.807) is 0 Å². The highest BCUT2D eigenvalue weighted by atomic mass is 35.5. The van der Waals surface area contributed by atoms with E-state index in [9.17, 15) is 0 Å². The summed E-state index contributed by atoms with van der Waals surface area (Å²) in [5.41, 5.74) is 5.23. The van der Waals surface area contributed by atoms with Gasteiger partial charge in [-0.15, -0.1) is 0 Å². The molecule has 24 heavy (non-hydrogen) atoms. The fourth-order valence-corrected chi connectivity index (χ4v) is 3.10. The minimum Gasteiger partial charge on any atom is -0.295 e. The molecule has 0 spiro atoms. The zero-order chi connectivity index (χ0) is 16.9. The van der Waals surface area contributed by atoms with Crippen LogP contribution in [-0.4, -0.2) is 42.3 Å². The van der Waals surface area contributed by atoms with Gasteiger partial charge in [-0.25, -0.2) is 0 Å². The molecule has 4 heteroatoms. The van der Waals surface area contributed by atoms with Gasteiger partial charge in [0.25, 0.3) is 0 Å². The molecule has 2 aromatic rings. The Morgan fingerprint density at radius 3 is 2.38 bits per heavy atom. The van der Waals surface area contributed by atoms with Crippen molar-refractivity contribution in [1.82, 2.24) is 9.91 Å². The number of hydrazone groups is 1. The Kier molecular flexibility index (Phi) is 5.54. The van der Waals surface area contributed by atoms with E-state index in [4.69, 9.17) is 11.6 Å². The lowest BCUT2D eigenvalue weighted by Gasteiger charge is -2.33. The Bertz CT molecular complexity index is 701.